The van der Waals surface area contributed by atoms with Gasteiger partial charge < -0.3 is 21.7 Å². The molecule has 4 nitrogen and oxygen atoms in total. The van der Waals surface area contributed by atoms with Crippen LogP contribution in [0.15, 0.2) is 48.2 Å². The Morgan fingerprint density at radius 2 is 2.12 bits per heavy atom. The van der Waals surface area contributed by atoms with Gasteiger partial charge in [0.25, 0.3) is 0 Å². The van der Waals surface area contributed by atoms with Crippen molar-refractivity contribution >= 4 is 17.5 Å². The van der Waals surface area contributed by atoms with Crippen LogP contribution in [0, 0.1) is 6.92 Å². The second kappa shape index (κ2) is 9.59. The van der Waals surface area contributed by atoms with Crippen LogP contribution in [-0.2, 0) is 6.42 Å². The number of aryl methyl sites for hydroxylation is 2. The summed E-state index contributed by atoms with van der Waals surface area (Å²) in [5.41, 5.74) is 11.4. The standard InChI is InChI=1S/C20H30N4S/c1-14-12-18(7-6-15(2)22-11-5-10-21)8-9-19(14)17(4)24-20-23-13-16(3)25-20/h8-9,12-13,20,22-24H,2,4-7,10-11,21H2,1,3H3. The predicted molar refractivity (Wildman–Crippen MR) is 111 cm³/mol. The van der Waals surface area contributed by atoms with Gasteiger partial charge in [-0.15, -0.1) is 0 Å². The molecule has 0 saturated heterocycles. The SMILES string of the molecule is C=C(CCc1ccc(C(=C)NC2NC=C(C)S2)c(C)c1)NCCCN. The van der Waals surface area contributed by atoms with Gasteiger partial charge in [0.15, 0.2) is 0 Å². The highest BCUT2D eigenvalue weighted by molar-refractivity contribution is 8.03. The number of nitrogens with one attached hydrogen (secondary N) is 3. The van der Waals surface area contributed by atoms with E-state index >= 15 is 0 Å². The molecular formula is C20H30N4S. The Morgan fingerprint density at radius 3 is 2.76 bits per heavy atom. The number of nitrogens with two attached hydrogens (primary N) is 1. The Labute approximate surface area is 156 Å². The fourth-order valence-corrected chi connectivity index (χ4v) is 3.57. The molecule has 1 aliphatic heterocycles. The summed E-state index contributed by atoms with van der Waals surface area (Å²) in [6.45, 7) is 14.1. The molecule has 1 atom stereocenters. The van der Waals surface area contributed by atoms with Crippen molar-refractivity contribution in [1.82, 2.24) is 16.0 Å². The van der Waals surface area contributed by atoms with E-state index in [1.54, 1.807) is 11.8 Å². The molecule has 1 heterocycles. The largest absolute Gasteiger partial charge is 0.389 e. The van der Waals surface area contributed by atoms with Gasteiger partial charge in [-0.25, -0.2) is 0 Å². The van der Waals surface area contributed by atoms with Crippen LogP contribution in [0.5, 0.6) is 0 Å². The molecule has 0 amide bonds. The minimum Gasteiger partial charge on any atom is -0.389 e. The highest BCUT2D eigenvalue weighted by Gasteiger charge is 2.15. The molecule has 1 aliphatic rings. The molecule has 0 aliphatic carbocycles. The van der Waals surface area contributed by atoms with Crippen molar-refractivity contribution in [3.05, 3.63) is 64.8 Å². The molecule has 1 aromatic carbocycles. The van der Waals surface area contributed by atoms with Gasteiger partial charge >= 0.3 is 0 Å². The van der Waals surface area contributed by atoms with Crippen LogP contribution >= 0.6 is 11.8 Å². The van der Waals surface area contributed by atoms with Gasteiger partial charge in [0.1, 0.15) is 5.50 Å². The van der Waals surface area contributed by atoms with Crippen molar-refractivity contribution in [3.8, 4) is 0 Å². The maximum absolute atomic E-state index is 5.50. The first kappa shape index (κ1) is 19.5. The molecule has 0 saturated carbocycles. The maximum Gasteiger partial charge on any atom is 0.149 e. The number of hydrogen-bond acceptors (Lipinski definition) is 5. The molecular weight excluding hydrogens is 328 g/mol. The van der Waals surface area contributed by atoms with E-state index in [4.69, 9.17) is 5.73 Å². The van der Waals surface area contributed by atoms with Crippen LogP contribution in [0.1, 0.15) is 36.5 Å². The lowest BCUT2D eigenvalue weighted by Gasteiger charge is -2.18. The summed E-state index contributed by atoms with van der Waals surface area (Å²) < 4.78 is 0. The summed E-state index contributed by atoms with van der Waals surface area (Å²) in [6, 6.07) is 6.58. The van der Waals surface area contributed by atoms with Crippen LogP contribution in [0.3, 0.4) is 0 Å². The zero-order valence-electron chi connectivity index (χ0n) is 15.3. The average molecular weight is 359 g/mol. The Kier molecular flexibility index (Phi) is 7.47. The number of thioether (sulfide) groups is 1. The summed E-state index contributed by atoms with van der Waals surface area (Å²) in [4.78, 5) is 1.28. The van der Waals surface area contributed by atoms with E-state index in [-0.39, 0.29) is 5.50 Å². The van der Waals surface area contributed by atoms with E-state index in [0.29, 0.717) is 6.54 Å². The number of hydrogen-bond donors (Lipinski definition) is 4. The highest BCUT2D eigenvalue weighted by Crippen LogP contribution is 2.26. The topological polar surface area (TPSA) is 62.1 Å². The summed E-state index contributed by atoms with van der Waals surface area (Å²) in [5.74, 6) is 0. The van der Waals surface area contributed by atoms with Gasteiger partial charge in [0.05, 0.1) is 0 Å². The van der Waals surface area contributed by atoms with Crippen molar-refractivity contribution in [2.75, 3.05) is 13.1 Å². The molecule has 5 N–H and O–H groups in total. The zero-order chi connectivity index (χ0) is 18.2. The molecule has 5 heteroatoms. The second-order valence-electron chi connectivity index (χ2n) is 6.36. The Morgan fingerprint density at radius 1 is 1.32 bits per heavy atom. The van der Waals surface area contributed by atoms with Gasteiger partial charge in [-0.3, -0.25) is 0 Å². The van der Waals surface area contributed by atoms with E-state index in [1.165, 1.54) is 16.0 Å². The zero-order valence-corrected chi connectivity index (χ0v) is 16.1. The minimum atomic E-state index is 0.162. The Balaban J connectivity index is 1.85. The number of allylic oxidation sites excluding steroid dienone is 2. The van der Waals surface area contributed by atoms with Gasteiger partial charge in [-0.2, -0.15) is 0 Å². The maximum atomic E-state index is 5.50. The first-order valence-corrected chi connectivity index (χ1v) is 9.64. The molecule has 0 radical (unpaired) electrons. The normalized spacial score (nSPS) is 16.1. The van der Waals surface area contributed by atoms with E-state index in [2.05, 4.69) is 61.2 Å². The predicted octanol–water partition coefficient (Wildman–Crippen LogP) is 3.42. The van der Waals surface area contributed by atoms with Gasteiger partial charge in [0.2, 0.25) is 0 Å². The highest BCUT2D eigenvalue weighted by atomic mass is 32.2. The molecule has 25 heavy (non-hydrogen) atoms. The van der Waals surface area contributed by atoms with Crippen LogP contribution < -0.4 is 21.7 Å². The fraction of sp³-hybridized carbons (Fsp3) is 0.400. The summed E-state index contributed by atoms with van der Waals surface area (Å²) in [7, 11) is 0. The van der Waals surface area contributed by atoms with Gasteiger partial charge in [-0.05, 0) is 56.3 Å². The smallest absolute Gasteiger partial charge is 0.149 e. The van der Waals surface area contributed by atoms with Crippen molar-refractivity contribution in [3.63, 3.8) is 0 Å². The Hall–Kier alpha value is -1.85. The lowest BCUT2D eigenvalue weighted by molar-refractivity contribution is 0.702. The van der Waals surface area contributed by atoms with E-state index in [0.717, 1.165) is 42.8 Å². The van der Waals surface area contributed by atoms with Crippen molar-refractivity contribution in [2.24, 2.45) is 5.73 Å². The van der Waals surface area contributed by atoms with E-state index in [1.807, 2.05) is 6.20 Å². The first-order valence-electron chi connectivity index (χ1n) is 8.76. The molecule has 2 rings (SSSR count). The summed E-state index contributed by atoms with van der Waals surface area (Å²) in [5, 5.41) is 10.1. The molecule has 0 bridgehead atoms. The first-order chi connectivity index (χ1) is 12.0. The Bertz CT molecular complexity index is 651. The molecule has 0 fully saturated rings. The van der Waals surface area contributed by atoms with Crippen molar-refractivity contribution in [2.45, 2.75) is 38.6 Å². The third kappa shape index (κ3) is 6.18. The minimum absolute atomic E-state index is 0.162. The molecule has 0 aromatic heterocycles. The van der Waals surface area contributed by atoms with E-state index in [9.17, 15) is 0 Å². The van der Waals surface area contributed by atoms with Gasteiger partial charge in [-0.1, -0.05) is 43.1 Å². The number of rotatable bonds is 10. The average Bonchev–Trinajstić information content (AvgIpc) is 2.98. The lowest BCUT2D eigenvalue weighted by atomic mass is 10.00. The number of benzene rings is 1. The fourth-order valence-electron chi connectivity index (χ4n) is 2.72. The van der Waals surface area contributed by atoms with Gasteiger partial charge in [0, 0.05) is 29.0 Å². The molecule has 1 unspecified atom stereocenters. The molecule has 1 aromatic rings. The van der Waals surface area contributed by atoms with Crippen LogP contribution in [0.4, 0.5) is 0 Å². The quantitative estimate of drug-likeness (QED) is 0.483. The van der Waals surface area contributed by atoms with Crippen molar-refractivity contribution < 1.29 is 0 Å². The third-order valence-corrected chi connectivity index (χ3v) is 5.11. The summed E-state index contributed by atoms with van der Waals surface area (Å²) in [6.07, 6.45) is 4.93. The van der Waals surface area contributed by atoms with E-state index < -0.39 is 0 Å². The van der Waals surface area contributed by atoms with Crippen LogP contribution in [-0.4, -0.2) is 18.6 Å². The van der Waals surface area contributed by atoms with Crippen LogP contribution in [0.2, 0.25) is 0 Å². The van der Waals surface area contributed by atoms with Crippen molar-refractivity contribution in [1.29, 1.82) is 0 Å². The third-order valence-electron chi connectivity index (χ3n) is 4.13. The second-order valence-corrected chi connectivity index (χ2v) is 7.72. The molecule has 136 valence electrons. The molecule has 0 spiro atoms. The summed E-state index contributed by atoms with van der Waals surface area (Å²) >= 11 is 1.77. The lowest BCUT2D eigenvalue weighted by Crippen LogP contribution is -2.32. The van der Waals surface area contributed by atoms with Crippen LogP contribution in [0.25, 0.3) is 5.70 Å². The monoisotopic (exact) mass is 358 g/mol.